The van der Waals surface area contributed by atoms with Crippen LogP contribution in [0.25, 0.3) is 0 Å². The third-order valence-electron chi connectivity index (χ3n) is 3.53. The highest BCUT2D eigenvalue weighted by Gasteiger charge is 2.21. The number of carbonyl (C=O) groups excluding carboxylic acids is 1. The standard InChI is InChI=1S/C15H19N3O/c1-11(13-7-5-12(10-16)6-8-13)18-15(19)14-4-2-3-9-17-14/h5-8,11,14,17H,2-4,9H2,1H3,(H,18,19)/t11?,14-/m1/s1. The molecule has 19 heavy (non-hydrogen) atoms. The van der Waals surface area contributed by atoms with Crippen molar-refractivity contribution in [3.8, 4) is 6.07 Å². The zero-order valence-electron chi connectivity index (χ0n) is 11.1. The van der Waals surface area contributed by atoms with Gasteiger partial charge in [0.1, 0.15) is 0 Å². The van der Waals surface area contributed by atoms with Crippen LogP contribution in [0, 0.1) is 11.3 Å². The fourth-order valence-corrected chi connectivity index (χ4v) is 2.32. The third-order valence-corrected chi connectivity index (χ3v) is 3.53. The van der Waals surface area contributed by atoms with Gasteiger partial charge in [-0.3, -0.25) is 4.79 Å². The molecule has 1 aromatic rings. The van der Waals surface area contributed by atoms with Gasteiger partial charge in [0.2, 0.25) is 5.91 Å². The summed E-state index contributed by atoms with van der Waals surface area (Å²) in [5, 5.41) is 15.0. The predicted octanol–water partition coefficient (Wildman–Crippen LogP) is 1.88. The maximum absolute atomic E-state index is 12.1. The molecule has 1 aromatic carbocycles. The van der Waals surface area contributed by atoms with E-state index in [-0.39, 0.29) is 18.0 Å². The van der Waals surface area contributed by atoms with Crippen molar-refractivity contribution in [3.05, 3.63) is 35.4 Å². The van der Waals surface area contributed by atoms with Crippen molar-refractivity contribution in [1.82, 2.24) is 10.6 Å². The summed E-state index contributed by atoms with van der Waals surface area (Å²) in [5.74, 6) is 0.0663. The van der Waals surface area contributed by atoms with Crippen molar-refractivity contribution in [3.63, 3.8) is 0 Å². The van der Waals surface area contributed by atoms with E-state index in [2.05, 4.69) is 16.7 Å². The smallest absolute Gasteiger partial charge is 0.237 e. The Morgan fingerprint density at radius 3 is 2.74 bits per heavy atom. The lowest BCUT2D eigenvalue weighted by atomic mass is 10.0. The van der Waals surface area contributed by atoms with Crippen LogP contribution in [0.4, 0.5) is 0 Å². The molecule has 0 spiro atoms. The molecule has 1 saturated heterocycles. The monoisotopic (exact) mass is 257 g/mol. The van der Waals surface area contributed by atoms with Gasteiger partial charge in [0.25, 0.3) is 0 Å². The van der Waals surface area contributed by atoms with Gasteiger partial charge in [0.05, 0.1) is 23.7 Å². The summed E-state index contributed by atoms with van der Waals surface area (Å²) < 4.78 is 0. The van der Waals surface area contributed by atoms with Crippen LogP contribution in [0.1, 0.15) is 43.4 Å². The first-order chi connectivity index (χ1) is 9.20. The Kier molecular flexibility index (Phi) is 4.53. The molecule has 1 amide bonds. The fraction of sp³-hybridized carbons (Fsp3) is 0.467. The largest absolute Gasteiger partial charge is 0.348 e. The van der Waals surface area contributed by atoms with E-state index in [1.165, 1.54) is 0 Å². The summed E-state index contributed by atoms with van der Waals surface area (Å²) >= 11 is 0. The molecule has 100 valence electrons. The number of nitrogens with one attached hydrogen (secondary N) is 2. The van der Waals surface area contributed by atoms with Crippen molar-refractivity contribution in [2.75, 3.05) is 6.54 Å². The molecule has 0 bridgehead atoms. The van der Waals surface area contributed by atoms with Crippen LogP contribution in [0.5, 0.6) is 0 Å². The first kappa shape index (κ1) is 13.6. The van der Waals surface area contributed by atoms with Gasteiger partial charge in [-0.2, -0.15) is 5.26 Å². The van der Waals surface area contributed by atoms with Crippen molar-refractivity contribution < 1.29 is 4.79 Å². The molecule has 1 heterocycles. The molecule has 1 aliphatic heterocycles. The van der Waals surface area contributed by atoms with Gasteiger partial charge in [-0.15, -0.1) is 0 Å². The Bertz CT molecular complexity index is 469. The molecule has 0 aliphatic carbocycles. The molecule has 2 atom stereocenters. The van der Waals surface area contributed by atoms with E-state index < -0.39 is 0 Å². The van der Waals surface area contributed by atoms with Gasteiger partial charge in [0.15, 0.2) is 0 Å². The Morgan fingerprint density at radius 2 is 2.16 bits per heavy atom. The molecule has 1 aliphatic rings. The van der Waals surface area contributed by atoms with Crippen molar-refractivity contribution >= 4 is 5.91 Å². The average Bonchev–Trinajstić information content (AvgIpc) is 2.48. The Balaban J connectivity index is 1.93. The van der Waals surface area contributed by atoms with Gasteiger partial charge >= 0.3 is 0 Å². The number of carbonyl (C=O) groups is 1. The maximum atomic E-state index is 12.1. The predicted molar refractivity (Wildman–Crippen MR) is 73.4 cm³/mol. The number of nitrogens with zero attached hydrogens (tertiary/aromatic N) is 1. The molecule has 4 heteroatoms. The number of hydrogen-bond acceptors (Lipinski definition) is 3. The second kappa shape index (κ2) is 6.35. The topological polar surface area (TPSA) is 64.9 Å². The van der Waals surface area contributed by atoms with Crippen LogP contribution in [-0.2, 0) is 4.79 Å². The second-order valence-corrected chi connectivity index (χ2v) is 4.97. The molecular formula is C15H19N3O. The third kappa shape index (κ3) is 3.55. The Morgan fingerprint density at radius 1 is 1.42 bits per heavy atom. The summed E-state index contributed by atoms with van der Waals surface area (Å²) in [6, 6.07) is 9.31. The van der Waals surface area contributed by atoms with Crippen LogP contribution in [0.2, 0.25) is 0 Å². The first-order valence-corrected chi connectivity index (χ1v) is 6.74. The van der Waals surface area contributed by atoms with Gasteiger partial charge in [-0.1, -0.05) is 18.6 Å². The van der Waals surface area contributed by atoms with Crippen molar-refractivity contribution in [1.29, 1.82) is 5.26 Å². The van der Waals surface area contributed by atoms with E-state index in [1.54, 1.807) is 12.1 Å². The number of amides is 1. The van der Waals surface area contributed by atoms with Crippen molar-refractivity contribution in [2.24, 2.45) is 0 Å². The summed E-state index contributed by atoms with van der Waals surface area (Å²) in [5.41, 5.74) is 1.65. The Hall–Kier alpha value is -1.86. The van der Waals surface area contributed by atoms with Gasteiger partial charge in [-0.05, 0) is 44.0 Å². The molecular weight excluding hydrogens is 238 g/mol. The second-order valence-electron chi connectivity index (χ2n) is 4.97. The van der Waals surface area contributed by atoms with Crippen LogP contribution in [0.3, 0.4) is 0 Å². The molecule has 2 rings (SSSR count). The van der Waals surface area contributed by atoms with E-state index in [1.807, 2.05) is 19.1 Å². The number of benzene rings is 1. The molecule has 2 N–H and O–H groups in total. The fourth-order valence-electron chi connectivity index (χ4n) is 2.32. The van der Waals surface area contributed by atoms with Gasteiger partial charge < -0.3 is 10.6 Å². The molecule has 0 saturated carbocycles. The van der Waals surface area contributed by atoms with Crippen LogP contribution in [0.15, 0.2) is 24.3 Å². The lowest BCUT2D eigenvalue weighted by Gasteiger charge is -2.24. The SMILES string of the molecule is CC(NC(=O)[C@H]1CCCCN1)c1ccc(C#N)cc1. The Labute approximate surface area is 113 Å². The lowest BCUT2D eigenvalue weighted by molar-refractivity contribution is -0.124. The van der Waals surface area contributed by atoms with Gasteiger partial charge in [0, 0.05) is 0 Å². The molecule has 1 fully saturated rings. The highest BCUT2D eigenvalue weighted by Crippen LogP contribution is 2.14. The van der Waals surface area contributed by atoms with E-state index >= 15 is 0 Å². The number of hydrogen-bond donors (Lipinski definition) is 2. The first-order valence-electron chi connectivity index (χ1n) is 6.74. The zero-order valence-corrected chi connectivity index (χ0v) is 11.1. The lowest BCUT2D eigenvalue weighted by Crippen LogP contribution is -2.47. The number of rotatable bonds is 3. The zero-order chi connectivity index (χ0) is 13.7. The maximum Gasteiger partial charge on any atom is 0.237 e. The quantitative estimate of drug-likeness (QED) is 0.869. The highest BCUT2D eigenvalue weighted by atomic mass is 16.2. The van der Waals surface area contributed by atoms with Crippen LogP contribution < -0.4 is 10.6 Å². The molecule has 0 radical (unpaired) electrons. The molecule has 0 aromatic heterocycles. The normalized spacial score (nSPS) is 20.3. The van der Waals surface area contributed by atoms with Gasteiger partial charge in [-0.25, -0.2) is 0 Å². The summed E-state index contributed by atoms with van der Waals surface area (Å²) in [6.07, 6.45) is 3.16. The highest BCUT2D eigenvalue weighted by molar-refractivity contribution is 5.82. The van der Waals surface area contributed by atoms with Crippen LogP contribution >= 0.6 is 0 Å². The number of piperidine rings is 1. The summed E-state index contributed by atoms with van der Waals surface area (Å²) in [7, 11) is 0. The van der Waals surface area contributed by atoms with Crippen LogP contribution in [-0.4, -0.2) is 18.5 Å². The van der Waals surface area contributed by atoms with E-state index in [9.17, 15) is 4.79 Å². The average molecular weight is 257 g/mol. The minimum absolute atomic E-state index is 0.0380. The van der Waals surface area contributed by atoms with Crippen molar-refractivity contribution in [2.45, 2.75) is 38.3 Å². The summed E-state index contributed by atoms with van der Waals surface area (Å²) in [4.78, 5) is 12.1. The number of nitriles is 1. The minimum atomic E-state index is -0.0606. The molecule has 1 unspecified atom stereocenters. The van der Waals surface area contributed by atoms with E-state index in [4.69, 9.17) is 5.26 Å². The van der Waals surface area contributed by atoms with E-state index in [0.29, 0.717) is 5.56 Å². The molecule has 4 nitrogen and oxygen atoms in total. The van der Waals surface area contributed by atoms with E-state index in [0.717, 1.165) is 31.4 Å². The summed E-state index contributed by atoms with van der Waals surface area (Å²) in [6.45, 7) is 2.88. The minimum Gasteiger partial charge on any atom is -0.348 e.